The summed E-state index contributed by atoms with van der Waals surface area (Å²) in [5, 5.41) is 0. The third-order valence-electron chi connectivity index (χ3n) is 1.86. The van der Waals surface area contributed by atoms with E-state index in [9.17, 15) is 0 Å². The van der Waals surface area contributed by atoms with Gasteiger partial charge in [0.1, 0.15) is 0 Å². The average Bonchev–Trinajstić information content (AvgIpc) is 2.68. The van der Waals surface area contributed by atoms with Gasteiger partial charge in [-0.05, 0) is 12.1 Å². The van der Waals surface area contributed by atoms with E-state index < -0.39 is 0 Å². The highest BCUT2D eigenvalue weighted by Gasteiger charge is 2.03. The maximum absolute atomic E-state index is 5.67. The van der Waals surface area contributed by atoms with Gasteiger partial charge >= 0.3 is 0 Å². The van der Waals surface area contributed by atoms with Crippen molar-refractivity contribution in [2.75, 3.05) is 11.6 Å². The quantitative estimate of drug-likeness (QED) is 0.462. The van der Waals surface area contributed by atoms with Crippen LogP contribution in [0.3, 0.4) is 0 Å². The summed E-state index contributed by atoms with van der Waals surface area (Å²) in [6.07, 6.45) is 0. The second-order valence-electron chi connectivity index (χ2n) is 3.12. The average molecular weight is 256 g/mol. The van der Waals surface area contributed by atoms with Crippen molar-refractivity contribution in [2.24, 2.45) is 0 Å². The molecule has 2 aromatic rings. The van der Waals surface area contributed by atoms with Gasteiger partial charge in [0, 0.05) is 11.6 Å². The lowest BCUT2D eigenvalue weighted by molar-refractivity contribution is 1.30. The van der Waals surface area contributed by atoms with E-state index >= 15 is 0 Å². The number of benzene rings is 1. The van der Waals surface area contributed by atoms with Gasteiger partial charge in [0.15, 0.2) is 4.34 Å². The third kappa shape index (κ3) is 2.74. The molecule has 1 nitrogen and oxygen atoms in total. The van der Waals surface area contributed by atoms with Crippen LogP contribution in [-0.4, -0.2) is 16.6 Å². The molecule has 0 fully saturated rings. The first kappa shape index (κ1) is 11.0. The van der Waals surface area contributed by atoms with Gasteiger partial charge in [-0.25, -0.2) is 4.98 Å². The van der Waals surface area contributed by atoms with Crippen molar-refractivity contribution in [3.63, 3.8) is 0 Å². The van der Waals surface area contributed by atoms with Crippen molar-refractivity contribution >= 4 is 44.9 Å². The molecule has 0 aliphatic carbocycles. The molecule has 78 valence electrons. The largest absolute Gasteiger partial charge is 0.230 e. The molecule has 0 atom stereocenters. The predicted octanol–water partition coefficient (Wildman–Crippen LogP) is 4.18. The monoisotopic (exact) mass is 255 g/mol. The Morgan fingerprint density at radius 3 is 3.00 bits per heavy atom. The molecule has 0 spiro atoms. The highest BCUT2D eigenvalue weighted by Crippen LogP contribution is 2.30. The van der Waals surface area contributed by atoms with Gasteiger partial charge in [-0.3, -0.25) is 0 Å². The van der Waals surface area contributed by atoms with Crippen molar-refractivity contribution in [2.45, 2.75) is 4.34 Å². The molecule has 0 aliphatic rings. The van der Waals surface area contributed by atoms with Crippen LogP contribution in [0.1, 0.15) is 0 Å². The molecule has 0 unspecified atom stereocenters. The van der Waals surface area contributed by atoms with Crippen LogP contribution in [0.15, 0.2) is 40.8 Å². The highest BCUT2D eigenvalue weighted by atomic mass is 35.5. The van der Waals surface area contributed by atoms with Gasteiger partial charge in [-0.2, -0.15) is 0 Å². The van der Waals surface area contributed by atoms with E-state index in [0.29, 0.717) is 5.88 Å². The van der Waals surface area contributed by atoms with Crippen LogP contribution < -0.4 is 0 Å². The molecule has 2 rings (SSSR count). The second kappa shape index (κ2) is 5.01. The lowest BCUT2D eigenvalue weighted by Gasteiger charge is -1.96. The van der Waals surface area contributed by atoms with E-state index in [-0.39, 0.29) is 0 Å². The summed E-state index contributed by atoms with van der Waals surface area (Å²) < 4.78 is 2.32. The summed E-state index contributed by atoms with van der Waals surface area (Å²) >= 11 is 9.09. The number of rotatable bonds is 4. The summed E-state index contributed by atoms with van der Waals surface area (Å²) in [6.45, 7) is 3.87. The number of thiazole rings is 1. The lowest BCUT2D eigenvalue weighted by Crippen LogP contribution is -1.85. The maximum Gasteiger partial charge on any atom is 0.151 e. The second-order valence-corrected chi connectivity index (χ2v) is 5.64. The van der Waals surface area contributed by atoms with E-state index in [1.165, 1.54) is 4.70 Å². The van der Waals surface area contributed by atoms with E-state index in [1.54, 1.807) is 23.1 Å². The minimum absolute atomic E-state index is 0.526. The zero-order valence-corrected chi connectivity index (χ0v) is 10.5. The Balaban J connectivity index is 2.12. The molecule has 4 heteroatoms. The van der Waals surface area contributed by atoms with E-state index in [1.807, 2.05) is 18.2 Å². The van der Waals surface area contributed by atoms with Gasteiger partial charge < -0.3 is 0 Å². The Morgan fingerprint density at radius 2 is 2.27 bits per heavy atom. The Morgan fingerprint density at radius 1 is 1.47 bits per heavy atom. The van der Waals surface area contributed by atoms with Gasteiger partial charge in [0.05, 0.1) is 10.2 Å². The van der Waals surface area contributed by atoms with Crippen LogP contribution in [0.4, 0.5) is 0 Å². The van der Waals surface area contributed by atoms with Crippen LogP contribution in [0, 0.1) is 0 Å². The molecule has 0 bridgehead atoms. The van der Waals surface area contributed by atoms with Crippen LogP contribution in [0.5, 0.6) is 0 Å². The number of halogens is 1. The molecule has 0 saturated heterocycles. The van der Waals surface area contributed by atoms with Crippen LogP contribution in [-0.2, 0) is 0 Å². The number of hydrogen-bond donors (Lipinski definition) is 0. The zero-order chi connectivity index (χ0) is 10.7. The lowest BCUT2D eigenvalue weighted by atomic mass is 10.3. The Bertz CT molecular complexity index is 445. The molecule has 15 heavy (non-hydrogen) atoms. The molecule has 0 radical (unpaired) electrons. The van der Waals surface area contributed by atoms with Crippen LogP contribution in [0.25, 0.3) is 10.2 Å². The first-order chi connectivity index (χ1) is 7.29. The number of aromatic nitrogens is 1. The molecule has 0 aliphatic heterocycles. The molecule has 0 amide bonds. The standard InChI is InChI=1S/C11H10ClNS2/c1-8(6-12)7-14-11-13-9-4-2-3-5-10(9)15-11/h2-5H,1,6-7H2. The summed E-state index contributed by atoms with van der Waals surface area (Å²) in [5.74, 6) is 1.38. The number of thioether (sulfide) groups is 1. The van der Waals surface area contributed by atoms with Gasteiger partial charge in [-0.15, -0.1) is 22.9 Å². The number of hydrogen-bond acceptors (Lipinski definition) is 3. The third-order valence-corrected chi connectivity index (χ3v) is 4.57. The maximum atomic E-state index is 5.67. The molecular weight excluding hydrogens is 246 g/mol. The number of alkyl halides is 1. The van der Waals surface area contributed by atoms with E-state index in [0.717, 1.165) is 21.2 Å². The van der Waals surface area contributed by atoms with Gasteiger partial charge in [0.25, 0.3) is 0 Å². The number of nitrogens with zero attached hydrogens (tertiary/aromatic N) is 1. The number of para-hydroxylation sites is 1. The molecular formula is C11H10ClNS2. The predicted molar refractivity (Wildman–Crippen MR) is 70.2 cm³/mol. The minimum atomic E-state index is 0.526. The summed E-state index contributed by atoms with van der Waals surface area (Å²) in [5.41, 5.74) is 2.11. The topological polar surface area (TPSA) is 12.9 Å². The van der Waals surface area contributed by atoms with Crippen molar-refractivity contribution < 1.29 is 0 Å². The Kier molecular flexibility index (Phi) is 3.67. The van der Waals surface area contributed by atoms with E-state index in [4.69, 9.17) is 11.6 Å². The minimum Gasteiger partial charge on any atom is -0.230 e. The fourth-order valence-corrected chi connectivity index (χ4v) is 3.29. The van der Waals surface area contributed by atoms with Crippen molar-refractivity contribution in [1.82, 2.24) is 4.98 Å². The zero-order valence-electron chi connectivity index (χ0n) is 8.07. The molecule has 1 aromatic heterocycles. The van der Waals surface area contributed by atoms with Crippen molar-refractivity contribution in [3.05, 3.63) is 36.4 Å². The smallest absolute Gasteiger partial charge is 0.151 e. The highest BCUT2D eigenvalue weighted by molar-refractivity contribution is 8.01. The molecule has 0 saturated carbocycles. The molecule has 0 N–H and O–H groups in total. The van der Waals surface area contributed by atoms with E-state index in [2.05, 4.69) is 17.6 Å². The number of fused-ring (bicyclic) bond motifs is 1. The van der Waals surface area contributed by atoms with Crippen molar-refractivity contribution in [1.29, 1.82) is 0 Å². The fraction of sp³-hybridized carbons (Fsp3) is 0.182. The van der Waals surface area contributed by atoms with Crippen molar-refractivity contribution in [3.8, 4) is 0 Å². The SMILES string of the molecule is C=C(CCl)CSc1nc2ccccc2s1. The molecule has 1 aromatic carbocycles. The summed E-state index contributed by atoms with van der Waals surface area (Å²) in [4.78, 5) is 4.52. The fourth-order valence-electron chi connectivity index (χ4n) is 1.12. The van der Waals surface area contributed by atoms with Crippen LogP contribution in [0.2, 0.25) is 0 Å². The normalized spacial score (nSPS) is 10.7. The molecule has 1 heterocycles. The Hall–Kier alpha value is -0.510. The van der Waals surface area contributed by atoms with Gasteiger partial charge in [0.2, 0.25) is 0 Å². The van der Waals surface area contributed by atoms with Crippen LogP contribution >= 0.6 is 34.7 Å². The first-order valence-corrected chi connectivity index (χ1v) is 6.84. The summed E-state index contributed by atoms with van der Waals surface area (Å²) in [7, 11) is 0. The van der Waals surface area contributed by atoms with Gasteiger partial charge in [-0.1, -0.05) is 36.0 Å². The Labute approximate surface area is 102 Å². The summed E-state index contributed by atoms with van der Waals surface area (Å²) in [6, 6.07) is 8.17. The first-order valence-electron chi connectivity index (χ1n) is 4.50.